The molecule has 2 nitrogen and oxygen atoms in total. The molecule has 4 rings (SSSR count). The SMILES string of the molecule is C[C@]12CCC[C@@H]3c4ccccc4CN(C(=O)CC1)[C@H]32. The number of hydrogen-bond acceptors (Lipinski definition) is 1. The molecule has 0 bridgehead atoms. The molecule has 19 heavy (non-hydrogen) atoms. The monoisotopic (exact) mass is 255 g/mol. The average Bonchev–Trinajstić information content (AvgIpc) is 2.43. The first-order valence-electron chi connectivity index (χ1n) is 7.56. The van der Waals surface area contributed by atoms with Crippen molar-refractivity contribution in [1.29, 1.82) is 0 Å². The molecule has 2 heteroatoms. The van der Waals surface area contributed by atoms with Gasteiger partial charge in [-0.2, -0.15) is 0 Å². The largest absolute Gasteiger partial charge is 0.334 e. The molecule has 3 atom stereocenters. The van der Waals surface area contributed by atoms with E-state index in [0.29, 0.717) is 23.3 Å². The topological polar surface area (TPSA) is 20.3 Å². The molecule has 3 aliphatic rings. The van der Waals surface area contributed by atoms with Crippen LogP contribution < -0.4 is 0 Å². The van der Waals surface area contributed by atoms with E-state index in [9.17, 15) is 4.79 Å². The fourth-order valence-corrected chi connectivity index (χ4v) is 4.81. The highest BCUT2D eigenvalue weighted by Gasteiger charge is 2.52. The van der Waals surface area contributed by atoms with Gasteiger partial charge in [0, 0.05) is 24.9 Å². The summed E-state index contributed by atoms with van der Waals surface area (Å²) < 4.78 is 0. The quantitative estimate of drug-likeness (QED) is 0.695. The number of benzene rings is 1. The van der Waals surface area contributed by atoms with Crippen molar-refractivity contribution in [2.75, 3.05) is 0 Å². The van der Waals surface area contributed by atoms with Crippen LogP contribution in [0.15, 0.2) is 24.3 Å². The molecule has 2 aliphatic heterocycles. The van der Waals surface area contributed by atoms with Gasteiger partial charge in [-0.15, -0.1) is 0 Å². The lowest BCUT2D eigenvalue weighted by Gasteiger charge is -2.57. The Bertz CT molecular complexity index is 538. The van der Waals surface area contributed by atoms with Gasteiger partial charge in [0.05, 0.1) is 0 Å². The van der Waals surface area contributed by atoms with Gasteiger partial charge in [-0.25, -0.2) is 0 Å². The van der Waals surface area contributed by atoms with Gasteiger partial charge in [0.15, 0.2) is 0 Å². The lowest BCUT2D eigenvalue weighted by Crippen LogP contribution is -2.59. The van der Waals surface area contributed by atoms with Crippen LogP contribution in [0.1, 0.15) is 56.1 Å². The number of rotatable bonds is 0. The molecular weight excluding hydrogens is 234 g/mol. The van der Waals surface area contributed by atoms with Gasteiger partial charge in [-0.3, -0.25) is 4.79 Å². The highest BCUT2D eigenvalue weighted by atomic mass is 16.2. The second-order valence-electron chi connectivity index (χ2n) is 6.82. The Morgan fingerprint density at radius 3 is 3.00 bits per heavy atom. The lowest BCUT2D eigenvalue weighted by atomic mass is 9.59. The maximum atomic E-state index is 12.3. The van der Waals surface area contributed by atoms with Crippen LogP contribution in [0.25, 0.3) is 0 Å². The van der Waals surface area contributed by atoms with E-state index in [1.807, 2.05) is 0 Å². The Labute approximate surface area is 114 Å². The number of carbonyl (C=O) groups is 1. The molecule has 2 fully saturated rings. The Hall–Kier alpha value is -1.31. The summed E-state index contributed by atoms with van der Waals surface area (Å²) in [5.74, 6) is 0.955. The number of piperidine rings is 1. The van der Waals surface area contributed by atoms with Crippen molar-refractivity contribution in [3.63, 3.8) is 0 Å². The fraction of sp³-hybridized carbons (Fsp3) is 0.588. The van der Waals surface area contributed by atoms with E-state index in [4.69, 9.17) is 0 Å². The van der Waals surface area contributed by atoms with Crippen molar-refractivity contribution in [3.05, 3.63) is 35.4 Å². The summed E-state index contributed by atoms with van der Waals surface area (Å²) in [6.45, 7) is 3.25. The van der Waals surface area contributed by atoms with Gasteiger partial charge >= 0.3 is 0 Å². The molecule has 1 aromatic rings. The summed E-state index contributed by atoms with van der Waals surface area (Å²) in [5.41, 5.74) is 3.25. The van der Waals surface area contributed by atoms with Gasteiger partial charge < -0.3 is 4.90 Å². The van der Waals surface area contributed by atoms with E-state index in [-0.39, 0.29) is 0 Å². The van der Waals surface area contributed by atoms with Crippen molar-refractivity contribution in [2.45, 2.75) is 57.5 Å². The van der Waals surface area contributed by atoms with Crippen molar-refractivity contribution in [3.8, 4) is 0 Å². The summed E-state index contributed by atoms with van der Waals surface area (Å²) in [4.78, 5) is 14.5. The van der Waals surface area contributed by atoms with E-state index < -0.39 is 0 Å². The zero-order valence-corrected chi connectivity index (χ0v) is 11.6. The third-order valence-electron chi connectivity index (χ3n) is 5.72. The molecular formula is C17H21NO. The van der Waals surface area contributed by atoms with Crippen molar-refractivity contribution >= 4 is 5.91 Å². The normalized spacial score (nSPS) is 36.7. The van der Waals surface area contributed by atoms with Crippen LogP contribution in [-0.2, 0) is 11.3 Å². The second kappa shape index (κ2) is 3.84. The van der Waals surface area contributed by atoms with E-state index in [1.54, 1.807) is 0 Å². The third-order valence-corrected chi connectivity index (χ3v) is 5.72. The predicted molar refractivity (Wildman–Crippen MR) is 74.7 cm³/mol. The smallest absolute Gasteiger partial charge is 0.223 e. The molecule has 0 spiro atoms. The van der Waals surface area contributed by atoms with Crippen molar-refractivity contribution in [2.24, 2.45) is 5.41 Å². The van der Waals surface area contributed by atoms with Crippen LogP contribution >= 0.6 is 0 Å². The van der Waals surface area contributed by atoms with Crippen molar-refractivity contribution in [1.82, 2.24) is 4.90 Å². The summed E-state index contributed by atoms with van der Waals surface area (Å²) in [6, 6.07) is 9.22. The first-order chi connectivity index (χ1) is 9.19. The van der Waals surface area contributed by atoms with Crippen LogP contribution in [-0.4, -0.2) is 16.8 Å². The Morgan fingerprint density at radius 1 is 1.26 bits per heavy atom. The maximum Gasteiger partial charge on any atom is 0.223 e. The number of hydrogen-bond donors (Lipinski definition) is 0. The number of nitrogens with zero attached hydrogens (tertiary/aromatic N) is 1. The molecule has 1 saturated carbocycles. The van der Waals surface area contributed by atoms with Crippen LogP contribution in [0, 0.1) is 5.41 Å². The van der Waals surface area contributed by atoms with E-state index in [1.165, 1.54) is 30.4 Å². The lowest BCUT2D eigenvalue weighted by molar-refractivity contribution is -0.148. The Balaban J connectivity index is 1.86. The van der Waals surface area contributed by atoms with Gasteiger partial charge in [0.2, 0.25) is 5.91 Å². The zero-order valence-electron chi connectivity index (χ0n) is 11.6. The summed E-state index contributed by atoms with van der Waals surface area (Å²) >= 11 is 0. The molecule has 0 aromatic heterocycles. The molecule has 1 amide bonds. The van der Waals surface area contributed by atoms with Gasteiger partial charge in [0.25, 0.3) is 0 Å². The molecule has 0 unspecified atom stereocenters. The molecule has 2 heterocycles. The minimum atomic E-state index is 0.352. The molecule has 0 N–H and O–H groups in total. The standard InChI is InChI=1S/C17H21NO/c1-17-9-4-7-14-13-6-3-2-5-12(13)11-18(16(14)17)15(19)8-10-17/h2-3,5-6,14,16H,4,7-11H2,1H3/t14-,16-,17+/m1/s1. The van der Waals surface area contributed by atoms with Crippen LogP contribution in [0.2, 0.25) is 0 Å². The summed E-state index contributed by atoms with van der Waals surface area (Å²) in [6.07, 6.45) is 5.70. The fourth-order valence-electron chi connectivity index (χ4n) is 4.81. The minimum Gasteiger partial charge on any atom is -0.334 e. The Morgan fingerprint density at radius 2 is 2.11 bits per heavy atom. The van der Waals surface area contributed by atoms with Gasteiger partial charge in [0.1, 0.15) is 0 Å². The van der Waals surface area contributed by atoms with E-state index in [2.05, 4.69) is 36.1 Å². The van der Waals surface area contributed by atoms with Gasteiger partial charge in [-0.1, -0.05) is 37.6 Å². The predicted octanol–water partition coefficient (Wildman–Crippen LogP) is 3.47. The number of carbonyl (C=O) groups excluding carboxylic acids is 1. The average molecular weight is 255 g/mol. The molecule has 1 aliphatic carbocycles. The first-order valence-corrected chi connectivity index (χ1v) is 7.56. The van der Waals surface area contributed by atoms with Gasteiger partial charge in [-0.05, 0) is 35.8 Å². The molecule has 1 saturated heterocycles. The van der Waals surface area contributed by atoms with Crippen molar-refractivity contribution < 1.29 is 4.79 Å². The van der Waals surface area contributed by atoms with E-state index in [0.717, 1.165) is 19.4 Å². The van der Waals surface area contributed by atoms with Crippen LogP contribution in [0.4, 0.5) is 0 Å². The molecule has 100 valence electrons. The zero-order chi connectivity index (χ0) is 13.0. The maximum absolute atomic E-state index is 12.3. The number of fused-ring (bicyclic) bond motifs is 2. The highest BCUT2D eigenvalue weighted by molar-refractivity contribution is 5.78. The Kier molecular flexibility index (Phi) is 2.33. The number of amides is 1. The molecule has 1 aromatic carbocycles. The van der Waals surface area contributed by atoms with Crippen LogP contribution in [0.3, 0.4) is 0 Å². The summed E-state index contributed by atoms with van der Waals surface area (Å²) in [7, 11) is 0. The van der Waals surface area contributed by atoms with Crippen LogP contribution in [0.5, 0.6) is 0 Å². The first kappa shape index (κ1) is 11.5. The highest BCUT2D eigenvalue weighted by Crippen LogP contribution is 2.54. The molecule has 0 radical (unpaired) electrons. The minimum absolute atomic E-state index is 0.352. The summed E-state index contributed by atoms with van der Waals surface area (Å²) in [5, 5.41) is 0. The third kappa shape index (κ3) is 1.52. The van der Waals surface area contributed by atoms with E-state index >= 15 is 0 Å². The second-order valence-corrected chi connectivity index (χ2v) is 6.82.